The summed E-state index contributed by atoms with van der Waals surface area (Å²) in [6, 6.07) is 10.2. The average Bonchev–Trinajstić information content (AvgIpc) is 3.42. The zero-order valence-corrected chi connectivity index (χ0v) is 16.5. The summed E-state index contributed by atoms with van der Waals surface area (Å²) in [5.41, 5.74) is 5.76. The lowest BCUT2D eigenvalue weighted by Gasteiger charge is -2.34. The van der Waals surface area contributed by atoms with Crippen molar-refractivity contribution < 1.29 is 4.79 Å². The molecule has 4 heterocycles. The van der Waals surface area contributed by atoms with Gasteiger partial charge in [-0.15, -0.1) is 22.7 Å². The quantitative estimate of drug-likeness (QED) is 0.519. The number of carbonyl (C=O) groups excluding carboxylic acids is 1. The molecule has 5 nitrogen and oxygen atoms in total. The third-order valence-electron chi connectivity index (χ3n) is 5.21. The van der Waals surface area contributed by atoms with E-state index in [9.17, 15) is 4.79 Å². The molecule has 27 heavy (non-hydrogen) atoms. The first-order valence-corrected chi connectivity index (χ1v) is 10.7. The van der Waals surface area contributed by atoms with Crippen molar-refractivity contribution in [2.24, 2.45) is 0 Å². The molecule has 1 atom stereocenters. The largest absolute Gasteiger partial charge is 0.334 e. The van der Waals surface area contributed by atoms with Crippen LogP contribution in [0.4, 0.5) is 0 Å². The van der Waals surface area contributed by atoms with E-state index < -0.39 is 0 Å². The predicted octanol–water partition coefficient (Wildman–Crippen LogP) is 4.37. The lowest BCUT2D eigenvalue weighted by molar-refractivity contribution is -0.134. The number of rotatable bonds is 3. The molecule has 0 radical (unpaired) electrons. The number of nitrogens with zero attached hydrogens (tertiary/aromatic N) is 4. The van der Waals surface area contributed by atoms with Gasteiger partial charge in [-0.3, -0.25) is 4.79 Å². The van der Waals surface area contributed by atoms with Gasteiger partial charge in [0.2, 0.25) is 5.91 Å². The number of hydrogen-bond acceptors (Lipinski definition) is 5. The van der Waals surface area contributed by atoms with Gasteiger partial charge in [-0.1, -0.05) is 12.1 Å². The van der Waals surface area contributed by atoms with Crippen LogP contribution in [0.1, 0.15) is 23.4 Å². The van der Waals surface area contributed by atoms with Crippen molar-refractivity contribution in [3.05, 3.63) is 57.0 Å². The Balaban J connectivity index is 1.51. The van der Waals surface area contributed by atoms with Crippen molar-refractivity contribution in [3.8, 4) is 11.5 Å². The zero-order valence-electron chi connectivity index (χ0n) is 14.8. The van der Waals surface area contributed by atoms with E-state index >= 15 is 0 Å². The molecule has 136 valence electrons. The van der Waals surface area contributed by atoms with Crippen molar-refractivity contribution in [2.75, 3.05) is 6.54 Å². The van der Waals surface area contributed by atoms with E-state index in [-0.39, 0.29) is 18.5 Å². The van der Waals surface area contributed by atoms with Gasteiger partial charge in [-0.2, -0.15) is 0 Å². The van der Waals surface area contributed by atoms with Gasteiger partial charge < -0.3 is 9.47 Å². The lowest BCUT2D eigenvalue weighted by Crippen LogP contribution is -2.40. The molecular weight excluding hydrogens is 376 g/mol. The highest BCUT2D eigenvalue weighted by atomic mass is 32.1. The van der Waals surface area contributed by atoms with Crippen LogP contribution in [0.15, 0.2) is 46.6 Å². The maximum atomic E-state index is 13.2. The Bertz CT molecular complexity index is 1110. The molecule has 3 aromatic heterocycles. The Morgan fingerprint density at radius 3 is 3.04 bits per heavy atom. The van der Waals surface area contributed by atoms with Gasteiger partial charge in [0.1, 0.15) is 12.2 Å². The Morgan fingerprint density at radius 1 is 1.30 bits per heavy atom. The van der Waals surface area contributed by atoms with Gasteiger partial charge in [-0.05, 0) is 42.5 Å². The van der Waals surface area contributed by atoms with Crippen LogP contribution in [-0.4, -0.2) is 31.9 Å². The Kier molecular flexibility index (Phi) is 4.06. The molecule has 5 rings (SSSR count). The van der Waals surface area contributed by atoms with Gasteiger partial charge in [0.05, 0.1) is 22.6 Å². The highest BCUT2D eigenvalue weighted by molar-refractivity contribution is 7.10. The van der Waals surface area contributed by atoms with E-state index in [4.69, 9.17) is 4.98 Å². The van der Waals surface area contributed by atoms with Gasteiger partial charge in [0.15, 0.2) is 5.82 Å². The summed E-state index contributed by atoms with van der Waals surface area (Å²) in [7, 11) is 0. The normalized spacial score (nSPS) is 16.6. The molecule has 1 aliphatic heterocycles. The summed E-state index contributed by atoms with van der Waals surface area (Å²) in [5, 5.41) is 4.10. The SMILES string of the molecule is CC1c2ccsc2CCN1C(=O)Cn1c(-c2cscn2)nc2ccccc21. The minimum Gasteiger partial charge on any atom is -0.334 e. The number of carbonyl (C=O) groups is 1. The molecule has 1 aromatic carbocycles. The lowest BCUT2D eigenvalue weighted by atomic mass is 10.0. The zero-order chi connectivity index (χ0) is 18.4. The van der Waals surface area contributed by atoms with Crippen LogP contribution >= 0.6 is 22.7 Å². The van der Waals surface area contributed by atoms with E-state index in [1.54, 1.807) is 16.8 Å². The van der Waals surface area contributed by atoms with Gasteiger partial charge >= 0.3 is 0 Å². The Morgan fingerprint density at radius 2 is 2.19 bits per heavy atom. The van der Waals surface area contributed by atoms with Crippen LogP contribution < -0.4 is 0 Å². The number of thiazole rings is 1. The highest BCUT2D eigenvalue weighted by Crippen LogP contribution is 2.33. The molecule has 1 unspecified atom stereocenters. The number of benzene rings is 1. The number of imidazole rings is 1. The van der Waals surface area contributed by atoms with Gasteiger partial charge in [-0.25, -0.2) is 9.97 Å². The van der Waals surface area contributed by atoms with Crippen molar-refractivity contribution in [2.45, 2.75) is 25.9 Å². The first kappa shape index (κ1) is 16.6. The maximum absolute atomic E-state index is 13.2. The van der Waals surface area contributed by atoms with Crippen LogP contribution in [-0.2, 0) is 17.8 Å². The minimum atomic E-state index is 0.116. The summed E-state index contributed by atoms with van der Waals surface area (Å²) in [6.45, 7) is 3.17. The fourth-order valence-electron chi connectivity index (χ4n) is 3.83. The van der Waals surface area contributed by atoms with E-state index in [1.807, 2.05) is 39.1 Å². The predicted molar refractivity (Wildman–Crippen MR) is 109 cm³/mol. The van der Waals surface area contributed by atoms with Crippen LogP contribution in [0.2, 0.25) is 0 Å². The molecule has 0 bridgehead atoms. The maximum Gasteiger partial charge on any atom is 0.243 e. The number of para-hydroxylation sites is 2. The average molecular weight is 395 g/mol. The van der Waals surface area contributed by atoms with E-state index in [0.29, 0.717) is 0 Å². The second-order valence-electron chi connectivity index (χ2n) is 6.70. The third kappa shape index (κ3) is 2.78. The monoisotopic (exact) mass is 394 g/mol. The summed E-state index contributed by atoms with van der Waals surface area (Å²) in [4.78, 5) is 25.8. The fourth-order valence-corrected chi connectivity index (χ4v) is 5.32. The van der Waals surface area contributed by atoms with Crippen molar-refractivity contribution in [3.63, 3.8) is 0 Å². The molecule has 1 amide bonds. The van der Waals surface area contributed by atoms with Gasteiger partial charge in [0.25, 0.3) is 0 Å². The summed E-state index contributed by atoms with van der Waals surface area (Å²) >= 11 is 3.33. The molecule has 0 N–H and O–H groups in total. The molecule has 0 fully saturated rings. The molecule has 7 heteroatoms. The summed E-state index contributed by atoms with van der Waals surface area (Å²) in [5.74, 6) is 0.880. The molecule has 1 aliphatic rings. The number of fused-ring (bicyclic) bond motifs is 2. The molecule has 4 aromatic rings. The van der Waals surface area contributed by atoms with E-state index in [2.05, 4.69) is 23.4 Å². The molecule has 0 spiro atoms. The number of thiophene rings is 1. The molecular formula is C20H18N4OS2. The minimum absolute atomic E-state index is 0.116. The van der Waals surface area contributed by atoms with Crippen LogP contribution in [0.25, 0.3) is 22.6 Å². The molecule has 0 saturated carbocycles. The second-order valence-corrected chi connectivity index (χ2v) is 8.42. The van der Waals surface area contributed by atoms with Crippen molar-refractivity contribution in [1.82, 2.24) is 19.4 Å². The summed E-state index contributed by atoms with van der Waals surface area (Å²) < 4.78 is 2.00. The van der Waals surface area contributed by atoms with E-state index in [1.165, 1.54) is 21.8 Å². The van der Waals surface area contributed by atoms with Crippen molar-refractivity contribution >= 4 is 39.6 Å². The standard InChI is InChI=1S/C20H18N4OS2/c1-13-14-7-9-27-18(14)6-8-23(13)19(25)10-24-17-5-3-2-4-15(17)22-20(24)16-11-26-12-21-16/h2-5,7,9,11-13H,6,8,10H2,1H3. The Labute approximate surface area is 164 Å². The first-order valence-electron chi connectivity index (χ1n) is 8.92. The van der Waals surface area contributed by atoms with E-state index in [0.717, 1.165) is 35.5 Å². The van der Waals surface area contributed by atoms with Crippen LogP contribution in [0.5, 0.6) is 0 Å². The van der Waals surface area contributed by atoms with Crippen LogP contribution in [0.3, 0.4) is 0 Å². The van der Waals surface area contributed by atoms with Gasteiger partial charge in [0, 0.05) is 16.8 Å². The van der Waals surface area contributed by atoms with Crippen LogP contribution in [0, 0.1) is 0 Å². The fraction of sp³-hybridized carbons (Fsp3) is 0.250. The molecule has 0 aliphatic carbocycles. The number of aromatic nitrogens is 3. The topological polar surface area (TPSA) is 51.0 Å². The summed E-state index contributed by atoms with van der Waals surface area (Å²) in [6.07, 6.45) is 0.937. The molecule has 0 saturated heterocycles. The third-order valence-corrected chi connectivity index (χ3v) is 6.79. The first-order chi connectivity index (χ1) is 13.2. The highest BCUT2D eigenvalue weighted by Gasteiger charge is 2.29. The smallest absolute Gasteiger partial charge is 0.243 e. The number of amides is 1. The number of hydrogen-bond donors (Lipinski definition) is 0. The van der Waals surface area contributed by atoms with Crippen molar-refractivity contribution in [1.29, 1.82) is 0 Å². The second kappa shape index (κ2) is 6.58. The Hall–Kier alpha value is -2.51.